The number of hydrogen-bond donors (Lipinski definition) is 6. The maximum atomic E-state index is 11.8. The Kier molecular flexibility index (Phi) is 13.1. The summed E-state index contributed by atoms with van der Waals surface area (Å²) in [6.45, 7) is -1.03. The van der Waals surface area contributed by atoms with Gasteiger partial charge in [-0.3, -0.25) is 13.7 Å². The van der Waals surface area contributed by atoms with E-state index < -0.39 is 66.4 Å². The van der Waals surface area contributed by atoms with Gasteiger partial charge >= 0.3 is 74.8 Å². The van der Waals surface area contributed by atoms with Gasteiger partial charge in [-0.1, -0.05) is 0 Å². The summed E-state index contributed by atoms with van der Waals surface area (Å²) in [4.78, 5) is 48.3. The van der Waals surface area contributed by atoms with Crippen molar-refractivity contribution in [3.05, 3.63) is 6.33 Å². The van der Waals surface area contributed by atoms with Gasteiger partial charge in [0.25, 0.3) is 7.82 Å². The molecule has 9 N–H and O–H groups in total. The Balaban J connectivity index is 0.00000385. The molecule has 0 aliphatic carbocycles. The molecule has 1 aliphatic rings. The summed E-state index contributed by atoms with van der Waals surface area (Å²) in [6, 6.07) is 0. The molecule has 2 aromatic rings. The quantitative estimate of drug-likeness (QED) is 0.124. The fourth-order valence-electron chi connectivity index (χ4n) is 2.66. The molecule has 3 unspecified atom stereocenters. The molecule has 3 rings (SSSR count). The van der Waals surface area contributed by atoms with Gasteiger partial charge in [0, 0.05) is 5.88 Å². The van der Waals surface area contributed by atoms with Crippen LogP contribution in [0.3, 0.4) is 0 Å². The third-order valence-electron chi connectivity index (χ3n) is 3.83. The first kappa shape index (κ1) is 35.4. The van der Waals surface area contributed by atoms with Crippen LogP contribution in [0, 0.1) is 0 Å². The Morgan fingerprint density at radius 3 is 2.26 bits per heavy atom. The molecule has 0 bridgehead atoms. The van der Waals surface area contributed by atoms with Crippen LogP contribution in [-0.4, -0.2) is 74.8 Å². The van der Waals surface area contributed by atoms with E-state index >= 15 is 0 Å². The number of fused-ring (bicyclic) bond motifs is 1. The molecule has 0 amide bonds. The average Bonchev–Trinajstić information content (AvgIpc) is 3.12. The summed E-state index contributed by atoms with van der Waals surface area (Å²) in [6.07, 6.45) is -5.44. The molecule has 0 saturated carbocycles. The average molecular weight is 585 g/mol. The van der Waals surface area contributed by atoms with Gasteiger partial charge in [0.2, 0.25) is 5.95 Å². The molecule has 1 saturated heterocycles. The second kappa shape index (κ2) is 13.0. The minimum Gasteiger partial charge on any atom is -0.857 e. The van der Waals surface area contributed by atoms with E-state index in [1.165, 1.54) is 0 Å². The molecule has 0 aromatic carbocycles. The topological polar surface area (TPSA) is 337 Å². The Bertz CT molecular complexity index is 1160. The smallest absolute Gasteiger partial charge is 0.857 e. The van der Waals surface area contributed by atoms with Crippen molar-refractivity contribution >= 4 is 40.6 Å². The van der Waals surface area contributed by atoms with Crippen LogP contribution in [0.15, 0.2) is 6.33 Å². The Morgan fingerprint density at radius 1 is 1.09 bits per heavy atom. The van der Waals surface area contributed by atoms with Gasteiger partial charge in [-0.05, 0) is 0 Å². The number of hydrogen-bond acceptors (Lipinski definition) is 15. The fourth-order valence-corrected chi connectivity index (χ4v) is 5.65. The molecule has 2 aromatic heterocycles. The van der Waals surface area contributed by atoms with Crippen LogP contribution >= 0.6 is 23.5 Å². The van der Waals surface area contributed by atoms with E-state index in [0.717, 1.165) is 10.9 Å². The Morgan fingerprint density at radius 2 is 1.69 bits per heavy atom. The number of rotatable bonds is 8. The maximum Gasteiger partial charge on any atom is 1.00 e. The molecule has 20 nitrogen and oxygen atoms in total. The standard InChI is InChI=1S/C10H16N5O14P3.2Na.H2O/c11-10-13-7-4(8(18)14-10)12-2-15(7)9-6(17)5(16)3(27-9)1-26-31(22,23)29-32(24,25)28-30(19,20)21;;;/h2-3,5-6,9,16-17H,1H2,(H,22,23)(H,24,25)(H2,19,20,21)(H3,11,13,14,18);;;1H2/q;2*+1;/p-2/t3-,5-,6-,9-;;;/m1.../s1. The summed E-state index contributed by atoms with van der Waals surface area (Å²) >= 11 is 0. The maximum absolute atomic E-state index is 11.8. The molecule has 188 valence electrons. The number of ether oxygens (including phenoxy) is 1. The Hall–Kier alpha value is 0.400. The van der Waals surface area contributed by atoms with E-state index in [9.17, 15) is 38.8 Å². The van der Waals surface area contributed by atoms with Gasteiger partial charge in [-0.2, -0.15) is 9.29 Å². The number of aliphatic hydroxyl groups is 2. The number of nitrogens with zero attached hydrogens (tertiary/aromatic N) is 4. The zero-order chi connectivity index (χ0) is 24.1. The minimum absolute atomic E-state index is 0. The number of nitrogen functional groups attached to an aromatic ring is 1. The van der Waals surface area contributed by atoms with E-state index in [4.69, 9.17) is 20.3 Å². The van der Waals surface area contributed by atoms with Crippen LogP contribution in [-0.2, 0) is 31.6 Å². The molecule has 1 aliphatic heterocycles. The first-order valence-corrected chi connectivity index (χ1v) is 12.5. The largest absolute Gasteiger partial charge is 1.00 e. The second-order valence-electron chi connectivity index (χ2n) is 6.12. The molecule has 0 radical (unpaired) electrons. The van der Waals surface area contributed by atoms with E-state index in [2.05, 4.69) is 28.1 Å². The van der Waals surface area contributed by atoms with Crippen LogP contribution in [0.2, 0.25) is 0 Å². The van der Waals surface area contributed by atoms with Crippen molar-refractivity contribution in [2.24, 2.45) is 0 Å². The summed E-state index contributed by atoms with van der Waals surface area (Å²) < 4.78 is 51.2. The molecular weight excluding hydrogens is 569 g/mol. The van der Waals surface area contributed by atoms with Gasteiger partial charge in [-0.15, -0.1) is 0 Å². The number of aliphatic hydroxyl groups excluding tert-OH is 2. The third kappa shape index (κ3) is 8.98. The van der Waals surface area contributed by atoms with Crippen molar-refractivity contribution in [3.8, 4) is 5.88 Å². The van der Waals surface area contributed by atoms with Gasteiger partial charge in [0.1, 0.15) is 23.8 Å². The van der Waals surface area contributed by atoms with Crippen molar-refractivity contribution in [3.63, 3.8) is 0 Å². The number of aromatic nitrogens is 4. The fraction of sp³-hybridized carbons (Fsp3) is 0.500. The van der Waals surface area contributed by atoms with Crippen molar-refractivity contribution in [2.45, 2.75) is 24.5 Å². The molecule has 0 spiro atoms. The summed E-state index contributed by atoms with van der Waals surface area (Å²) in [5.41, 5.74) is 5.03. The third-order valence-corrected chi connectivity index (χ3v) is 7.61. The predicted octanol–water partition coefficient (Wildman–Crippen LogP) is -10.0. The van der Waals surface area contributed by atoms with Crippen LogP contribution in [0.4, 0.5) is 5.95 Å². The SMILES string of the molecule is Nc1nc([O-])c2ncn([C@@H]3O[C@H](COP(=O)(O)OP(=O)(O)OP(=O)([O-])O)[C@@H](O)[C@H]3O)c2n1.O.[Na+].[Na+]. The second-order valence-corrected chi connectivity index (χ2v) is 10.5. The summed E-state index contributed by atoms with van der Waals surface area (Å²) in [5, 5.41) is 32.2. The summed E-state index contributed by atoms with van der Waals surface area (Å²) in [5.74, 6) is -1.23. The number of imidazole rings is 1. The van der Waals surface area contributed by atoms with Gasteiger partial charge in [-0.25, -0.2) is 23.4 Å². The van der Waals surface area contributed by atoms with Crippen molar-refractivity contribution in [1.82, 2.24) is 19.5 Å². The van der Waals surface area contributed by atoms with E-state index in [0.29, 0.717) is 0 Å². The van der Waals surface area contributed by atoms with E-state index in [1.807, 2.05) is 0 Å². The number of nitrogens with two attached hydrogens (primary N) is 1. The van der Waals surface area contributed by atoms with Gasteiger partial charge in [0.05, 0.1) is 12.9 Å². The Labute approximate surface area is 238 Å². The molecular formula is C10H16N5Na2O15P3. The number of anilines is 1. The van der Waals surface area contributed by atoms with Crippen LogP contribution in [0.25, 0.3) is 11.2 Å². The van der Waals surface area contributed by atoms with Gasteiger partial charge < -0.3 is 50.8 Å². The van der Waals surface area contributed by atoms with Crippen LogP contribution in [0.1, 0.15) is 6.23 Å². The van der Waals surface area contributed by atoms with E-state index in [1.54, 1.807) is 0 Å². The van der Waals surface area contributed by atoms with E-state index in [-0.39, 0.29) is 75.8 Å². The van der Waals surface area contributed by atoms with Crippen molar-refractivity contribution in [2.75, 3.05) is 12.3 Å². The first-order valence-electron chi connectivity index (χ1n) is 8.04. The molecule has 7 atom stereocenters. The molecule has 25 heteroatoms. The van der Waals surface area contributed by atoms with Crippen molar-refractivity contribution < 1.29 is 131 Å². The van der Waals surface area contributed by atoms with Crippen LogP contribution < -0.4 is 74.8 Å². The normalized spacial score (nSPS) is 26.9. The van der Waals surface area contributed by atoms with Gasteiger partial charge in [0.15, 0.2) is 11.9 Å². The molecule has 3 heterocycles. The van der Waals surface area contributed by atoms with Crippen LogP contribution in [0.5, 0.6) is 5.88 Å². The van der Waals surface area contributed by atoms with Crippen molar-refractivity contribution in [1.29, 1.82) is 0 Å². The predicted molar refractivity (Wildman–Crippen MR) is 96.3 cm³/mol. The monoisotopic (exact) mass is 585 g/mol. The number of phosphoric acid groups is 3. The first-order chi connectivity index (χ1) is 14.6. The molecule has 1 fully saturated rings. The molecule has 35 heavy (non-hydrogen) atoms. The summed E-state index contributed by atoms with van der Waals surface area (Å²) in [7, 11) is -17.1. The minimum atomic E-state index is -5.82. The number of phosphoric ester groups is 1. The zero-order valence-electron chi connectivity index (χ0n) is 17.7. The zero-order valence-corrected chi connectivity index (χ0v) is 24.4.